The Morgan fingerprint density at radius 1 is 1.09 bits per heavy atom. The highest BCUT2D eigenvalue weighted by Crippen LogP contribution is 2.30. The molecule has 0 bridgehead atoms. The van der Waals surface area contributed by atoms with Crippen molar-refractivity contribution in [2.45, 2.75) is 17.9 Å². The van der Waals surface area contributed by atoms with Gasteiger partial charge in [-0.25, -0.2) is 9.97 Å². The molecular weight excluding hydrogens is 442 g/mol. The molecule has 4 aromatic rings. The summed E-state index contributed by atoms with van der Waals surface area (Å²) in [7, 11) is 1.54. The van der Waals surface area contributed by atoms with Crippen LogP contribution < -0.4 is 10.1 Å². The second-order valence-electron chi connectivity index (χ2n) is 6.96. The molecule has 162 valence electrons. The number of aromatic nitrogens is 2. The van der Waals surface area contributed by atoms with Gasteiger partial charge in [0.2, 0.25) is 5.91 Å². The average molecular weight is 464 g/mol. The number of ketones is 1. The van der Waals surface area contributed by atoms with Crippen LogP contribution in [0, 0.1) is 0 Å². The minimum atomic E-state index is -0.153. The van der Waals surface area contributed by atoms with Crippen LogP contribution in [0.5, 0.6) is 5.75 Å². The quantitative estimate of drug-likeness (QED) is 0.208. The summed E-state index contributed by atoms with van der Waals surface area (Å²) in [6.45, 7) is 0. The number of carbonyl (C=O) groups is 2. The van der Waals surface area contributed by atoms with Crippen LogP contribution in [-0.4, -0.2) is 34.5 Å². The Labute approximate surface area is 194 Å². The molecule has 6 nitrogen and oxygen atoms in total. The van der Waals surface area contributed by atoms with E-state index >= 15 is 0 Å². The largest absolute Gasteiger partial charge is 0.495 e. The minimum absolute atomic E-state index is 0.0198. The average Bonchev–Trinajstić information content (AvgIpc) is 3.29. The number of fused-ring (bicyclic) bond motifs is 1. The Kier molecular flexibility index (Phi) is 7.14. The molecule has 0 aliphatic carbocycles. The van der Waals surface area contributed by atoms with Crippen LogP contribution in [-0.2, 0) is 11.2 Å². The number of ether oxygens (including phenoxy) is 1. The zero-order valence-electron chi connectivity index (χ0n) is 17.4. The second-order valence-corrected chi connectivity index (χ2v) is 8.96. The Hall–Kier alpha value is -3.23. The lowest BCUT2D eigenvalue weighted by atomic mass is 10.0. The molecule has 0 saturated carbocycles. The van der Waals surface area contributed by atoms with Gasteiger partial charge in [-0.2, -0.15) is 0 Å². The van der Waals surface area contributed by atoms with Gasteiger partial charge in [0.25, 0.3) is 0 Å². The first-order valence-corrected chi connectivity index (χ1v) is 11.9. The maximum atomic E-state index is 12.7. The zero-order valence-corrected chi connectivity index (χ0v) is 19.0. The van der Waals surface area contributed by atoms with E-state index in [1.165, 1.54) is 18.9 Å². The van der Waals surface area contributed by atoms with Gasteiger partial charge in [0, 0.05) is 24.2 Å². The number of hydrogen-bond acceptors (Lipinski definition) is 7. The topological polar surface area (TPSA) is 81.2 Å². The molecule has 0 radical (unpaired) electrons. The van der Waals surface area contributed by atoms with E-state index in [0.29, 0.717) is 35.6 Å². The molecule has 2 heterocycles. The van der Waals surface area contributed by atoms with Crippen LogP contribution in [0.25, 0.3) is 10.2 Å². The molecule has 0 aliphatic rings. The van der Waals surface area contributed by atoms with Crippen molar-refractivity contribution in [3.8, 4) is 5.75 Å². The highest BCUT2D eigenvalue weighted by molar-refractivity contribution is 7.99. The molecule has 4 rings (SSSR count). The maximum absolute atomic E-state index is 12.7. The molecule has 2 aromatic carbocycles. The number of anilines is 1. The molecule has 2 aromatic heterocycles. The van der Waals surface area contributed by atoms with E-state index in [1.54, 1.807) is 35.9 Å². The van der Waals surface area contributed by atoms with Gasteiger partial charge >= 0.3 is 0 Å². The first kappa shape index (κ1) is 22.0. The lowest BCUT2D eigenvalue weighted by Crippen LogP contribution is -2.14. The fourth-order valence-electron chi connectivity index (χ4n) is 3.18. The van der Waals surface area contributed by atoms with Gasteiger partial charge in [0.05, 0.1) is 23.0 Å². The fourth-order valence-corrected chi connectivity index (χ4v) is 5.07. The van der Waals surface area contributed by atoms with Crippen molar-refractivity contribution in [3.05, 3.63) is 77.4 Å². The van der Waals surface area contributed by atoms with Crippen molar-refractivity contribution in [1.82, 2.24) is 9.97 Å². The van der Waals surface area contributed by atoms with Crippen LogP contribution in [0.4, 0.5) is 5.69 Å². The van der Waals surface area contributed by atoms with Crippen molar-refractivity contribution in [3.63, 3.8) is 0 Å². The number of thioether (sulfide) groups is 1. The molecular formula is C24H21N3O3S2. The predicted octanol–water partition coefficient (Wildman–Crippen LogP) is 5.25. The molecule has 0 fully saturated rings. The molecule has 1 amide bonds. The number of Topliss-reactive ketones (excluding diaryl/α,β-unsaturated/α-hetero) is 1. The van der Waals surface area contributed by atoms with Crippen molar-refractivity contribution in [1.29, 1.82) is 0 Å². The van der Waals surface area contributed by atoms with Crippen LogP contribution in [0.15, 0.2) is 71.3 Å². The summed E-state index contributed by atoms with van der Waals surface area (Å²) in [5.74, 6) is 0.914. The number of benzene rings is 2. The van der Waals surface area contributed by atoms with E-state index in [0.717, 1.165) is 20.8 Å². The van der Waals surface area contributed by atoms with Gasteiger partial charge < -0.3 is 10.1 Å². The molecule has 0 atom stereocenters. The zero-order chi connectivity index (χ0) is 22.3. The minimum Gasteiger partial charge on any atom is -0.495 e. The first-order chi connectivity index (χ1) is 15.6. The van der Waals surface area contributed by atoms with Gasteiger partial charge in [-0.15, -0.1) is 23.1 Å². The molecule has 0 aliphatic heterocycles. The lowest BCUT2D eigenvalue weighted by Gasteiger charge is -2.12. The standard InChI is InChI=1S/C24H21N3O3S2/c1-30-21-8-7-17(20(28)13-16-5-3-2-4-6-16)14-19(21)27-22(29)10-12-32-24-23-18(9-11-31-23)25-15-26-24/h2-9,11,14-15H,10,12-13H2,1H3,(H,27,29). The molecule has 32 heavy (non-hydrogen) atoms. The number of nitrogens with one attached hydrogen (secondary N) is 1. The van der Waals surface area contributed by atoms with Gasteiger partial charge in [0.1, 0.15) is 17.1 Å². The van der Waals surface area contributed by atoms with Crippen molar-refractivity contribution < 1.29 is 14.3 Å². The summed E-state index contributed by atoms with van der Waals surface area (Å²) >= 11 is 3.12. The Bertz CT molecular complexity index is 1240. The summed E-state index contributed by atoms with van der Waals surface area (Å²) in [5, 5.41) is 5.74. The van der Waals surface area contributed by atoms with E-state index in [-0.39, 0.29) is 11.7 Å². The van der Waals surface area contributed by atoms with E-state index in [9.17, 15) is 9.59 Å². The van der Waals surface area contributed by atoms with E-state index < -0.39 is 0 Å². The first-order valence-electron chi connectivity index (χ1n) is 10.00. The number of carbonyl (C=O) groups excluding carboxylic acids is 2. The van der Waals surface area contributed by atoms with Gasteiger partial charge in [-0.05, 0) is 35.2 Å². The summed E-state index contributed by atoms with van der Waals surface area (Å²) in [6.07, 6.45) is 2.14. The molecule has 1 N–H and O–H groups in total. The van der Waals surface area contributed by atoms with Crippen molar-refractivity contribution in [2.24, 2.45) is 0 Å². The van der Waals surface area contributed by atoms with Gasteiger partial charge in [-0.1, -0.05) is 30.3 Å². The number of nitrogens with zero attached hydrogens (tertiary/aromatic N) is 2. The third-order valence-electron chi connectivity index (χ3n) is 4.78. The van der Waals surface area contributed by atoms with E-state index in [4.69, 9.17) is 4.74 Å². The third kappa shape index (κ3) is 5.33. The molecule has 0 saturated heterocycles. The van der Waals surface area contributed by atoms with Gasteiger partial charge in [-0.3, -0.25) is 9.59 Å². The SMILES string of the molecule is COc1ccc(C(=O)Cc2ccccc2)cc1NC(=O)CCSc1ncnc2ccsc12. The van der Waals surface area contributed by atoms with Crippen LogP contribution in [0.3, 0.4) is 0 Å². The predicted molar refractivity (Wildman–Crippen MR) is 129 cm³/mol. The molecule has 0 spiro atoms. The molecule has 8 heteroatoms. The van der Waals surface area contributed by atoms with E-state index in [1.807, 2.05) is 41.8 Å². The summed E-state index contributed by atoms with van der Waals surface area (Å²) < 4.78 is 6.40. The normalized spacial score (nSPS) is 10.8. The summed E-state index contributed by atoms with van der Waals surface area (Å²) in [6, 6.07) is 16.6. The van der Waals surface area contributed by atoms with Gasteiger partial charge in [0.15, 0.2) is 5.78 Å². The van der Waals surface area contributed by atoms with Crippen molar-refractivity contribution >= 4 is 50.7 Å². The van der Waals surface area contributed by atoms with Crippen molar-refractivity contribution in [2.75, 3.05) is 18.2 Å². The number of rotatable bonds is 9. The summed E-state index contributed by atoms with van der Waals surface area (Å²) in [4.78, 5) is 33.8. The summed E-state index contributed by atoms with van der Waals surface area (Å²) in [5.41, 5.74) is 2.88. The lowest BCUT2D eigenvalue weighted by molar-refractivity contribution is -0.115. The monoisotopic (exact) mass is 463 g/mol. The third-order valence-corrected chi connectivity index (χ3v) is 6.81. The highest BCUT2D eigenvalue weighted by Gasteiger charge is 2.14. The number of thiophene rings is 1. The fraction of sp³-hybridized carbons (Fsp3) is 0.167. The number of amides is 1. The highest BCUT2D eigenvalue weighted by atomic mass is 32.2. The number of methoxy groups -OCH3 is 1. The maximum Gasteiger partial charge on any atom is 0.225 e. The molecule has 0 unspecified atom stereocenters. The Balaban J connectivity index is 1.38. The Morgan fingerprint density at radius 2 is 1.94 bits per heavy atom. The second kappa shape index (κ2) is 10.4. The van der Waals surface area contributed by atoms with Crippen LogP contribution in [0.2, 0.25) is 0 Å². The van der Waals surface area contributed by atoms with Crippen LogP contribution >= 0.6 is 23.1 Å². The smallest absolute Gasteiger partial charge is 0.225 e. The number of hydrogen-bond donors (Lipinski definition) is 1. The Morgan fingerprint density at radius 3 is 2.75 bits per heavy atom. The van der Waals surface area contributed by atoms with Crippen LogP contribution in [0.1, 0.15) is 22.3 Å². The van der Waals surface area contributed by atoms with E-state index in [2.05, 4.69) is 15.3 Å².